The molecule has 1 saturated heterocycles. The third kappa shape index (κ3) is 2.38. The van der Waals surface area contributed by atoms with Gasteiger partial charge in [0.05, 0.1) is 6.04 Å². The van der Waals surface area contributed by atoms with Crippen molar-refractivity contribution in [1.29, 1.82) is 0 Å². The lowest BCUT2D eigenvalue weighted by Crippen LogP contribution is -2.35. The van der Waals surface area contributed by atoms with Crippen molar-refractivity contribution in [3.63, 3.8) is 0 Å². The molecule has 0 unspecified atom stereocenters. The van der Waals surface area contributed by atoms with E-state index in [1.54, 1.807) is 16.9 Å². The van der Waals surface area contributed by atoms with Crippen molar-refractivity contribution < 1.29 is 9.18 Å². The summed E-state index contributed by atoms with van der Waals surface area (Å²) in [4.78, 5) is 11.7. The molecular weight excluding hydrogens is 211 g/mol. The van der Waals surface area contributed by atoms with Crippen LogP contribution in [0, 0.1) is 0 Å². The van der Waals surface area contributed by atoms with Crippen LogP contribution in [-0.4, -0.2) is 34.4 Å². The Morgan fingerprint density at radius 1 is 1.81 bits per heavy atom. The maximum absolute atomic E-state index is 12.9. The largest absolute Gasteiger partial charge is 0.308 e. The molecule has 1 aromatic heterocycles. The monoisotopic (exact) mass is 226 g/mol. The predicted molar refractivity (Wildman–Crippen MR) is 57.8 cm³/mol. The Bertz CT molecular complexity index is 379. The van der Waals surface area contributed by atoms with Crippen LogP contribution >= 0.6 is 0 Å². The van der Waals surface area contributed by atoms with Crippen LogP contribution in [0.4, 0.5) is 10.2 Å². The van der Waals surface area contributed by atoms with Gasteiger partial charge >= 0.3 is 0 Å². The van der Waals surface area contributed by atoms with Crippen LogP contribution in [0.3, 0.4) is 0 Å². The first-order valence-corrected chi connectivity index (χ1v) is 5.41. The van der Waals surface area contributed by atoms with E-state index in [9.17, 15) is 9.18 Å². The maximum Gasteiger partial charge on any atom is 0.242 e. The highest BCUT2D eigenvalue weighted by atomic mass is 19.1. The number of anilines is 1. The van der Waals surface area contributed by atoms with Crippen molar-refractivity contribution in [2.24, 2.45) is 0 Å². The summed E-state index contributed by atoms with van der Waals surface area (Å²) in [7, 11) is 0. The van der Waals surface area contributed by atoms with E-state index in [2.05, 4.69) is 15.7 Å². The van der Waals surface area contributed by atoms with E-state index >= 15 is 0 Å². The molecule has 0 spiro atoms. The van der Waals surface area contributed by atoms with Crippen LogP contribution in [0.25, 0.3) is 0 Å². The number of alkyl halides is 1. The van der Waals surface area contributed by atoms with Crippen molar-refractivity contribution in [2.75, 3.05) is 11.9 Å². The molecule has 2 rings (SSSR count). The van der Waals surface area contributed by atoms with Crippen molar-refractivity contribution in [2.45, 2.75) is 32.1 Å². The number of amides is 1. The fraction of sp³-hybridized carbons (Fsp3) is 0.600. The molecular formula is C10H15FN4O. The third-order valence-electron chi connectivity index (χ3n) is 2.61. The van der Waals surface area contributed by atoms with Crippen molar-refractivity contribution >= 4 is 11.7 Å². The fourth-order valence-corrected chi connectivity index (χ4v) is 1.71. The number of carbonyl (C=O) groups excluding carboxylic acids is 1. The molecule has 1 aromatic rings. The van der Waals surface area contributed by atoms with Crippen molar-refractivity contribution in [3.05, 3.63) is 12.3 Å². The lowest BCUT2D eigenvalue weighted by Gasteiger charge is -2.08. The molecule has 5 nitrogen and oxygen atoms in total. The summed E-state index contributed by atoms with van der Waals surface area (Å²) >= 11 is 0. The number of aryl methyl sites for hydroxylation is 1. The molecule has 6 heteroatoms. The first-order chi connectivity index (χ1) is 7.69. The first kappa shape index (κ1) is 11.1. The van der Waals surface area contributed by atoms with Gasteiger partial charge in [-0.05, 0) is 6.92 Å². The van der Waals surface area contributed by atoms with Gasteiger partial charge in [0.15, 0.2) is 5.82 Å². The Balaban J connectivity index is 1.91. The number of nitrogens with one attached hydrogen (secondary N) is 2. The zero-order valence-electron chi connectivity index (χ0n) is 9.11. The van der Waals surface area contributed by atoms with Gasteiger partial charge in [-0.1, -0.05) is 0 Å². The number of halogens is 1. The van der Waals surface area contributed by atoms with Crippen LogP contribution in [0.15, 0.2) is 12.3 Å². The Morgan fingerprint density at radius 2 is 2.62 bits per heavy atom. The minimum Gasteiger partial charge on any atom is -0.308 e. The van der Waals surface area contributed by atoms with Gasteiger partial charge in [0, 0.05) is 31.8 Å². The minimum atomic E-state index is -0.927. The standard InChI is InChI=1S/C10H15FN4O/c1-2-15-4-3-9(14-15)13-10(16)8-5-7(11)6-12-8/h3-4,7-8,12H,2,5-6H2,1H3,(H,13,14,16)/t7-,8+/m1/s1. The second-order valence-electron chi connectivity index (χ2n) is 3.84. The van der Waals surface area contributed by atoms with Crippen molar-refractivity contribution in [1.82, 2.24) is 15.1 Å². The number of hydrogen-bond donors (Lipinski definition) is 2. The van der Waals surface area contributed by atoms with Gasteiger partial charge < -0.3 is 10.6 Å². The van der Waals surface area contributed by atoms with Crippen LogP contribution in [0.1, 0.15) is 13.3 Å². The summed E-state index contributed by atoms with van der Waals surface area (Å²) in [5.74, 6) is 0.289. The van der Waals surface area contributed by atoms with Gasteiger partial charge in [0.1, 0.15) is 6.17 Å². The molecule has 0 aliphatic carbocycles. The number of nitrogens with zero attached hydrogens (tertiary/aromatic N) is 2. The van der Waals surface area contributed by atoms with Gasteiger partial charge in [-0.15, -0.1) is 0 Å². The summed E-state index contributed by atoms with van der Waals surface area (Å²) in [5.41, 5.74) is 0. The first-order valence-electron chi connectivity index (χ1n) is 5.41. The molecule has 0 bridgehead atoms. The Morgan fingerprint density at radius 3 is 3.19 bits per heavy atom. The molecule has 0 radical (unpaired) electrons. The predicted octanol–water partition coefficient (Wildman–Crippen LogP) is 0.541. The van der Waals surface area contributed by atoms with Gasteiger partial charge in [-0.2, -0.15) is 5.10 Å². The van der Waals surface area contributed by atoms with Gasteiger partial charge in [-0.25, -0.2) is 4.39 Å². The molecule has 88 valence electrons. The molecule has 1 aliphatic rings. The van der Waals surface area contributed by atoms with E-state index in [0.29, 0.717) is 5.82 Å². The quantitative estimate of drug-likeness (QED) is 0.791. The zero-order valence-corrected chi connectivity index (χ0v) is 9.11. The molecule has 1 fully saturated rings. The summed E-state index contributed by atoms with van der Waals surface area (Å²) in [6.45, 7) is 2.97. The summed E-state index contributed by atoms with van der Waals surface area (Å²) in [6, 6.07) is 1.28. The summed E-state index contributed by atoms with van der Waals surface area (Å²) in [6.07, 6.45) is 1.10. The second-order valence-corrected chi connectivity index (χ2v) is 3.84. The summed E-state index contributed by atoms with van der Waals surface area (Å²) < 4.78 is 14.6. The van der Waals surface area contributed by atoms with E-state index in [4.69, 9.17) is 0 Å². The zero-order chi connectivity index (χ0) is 11.5. The SMILES string of the molecule is CCn1ccc(NC(=O)[C@@H]2C[C@@H](F)CN2)n1. The lowest BCUT2D eigenvalue weighted by molar-refractivity contribution is -0.117. The maximum atomic E-state index is 12.9. The van der Waals surface area contributed by atoms with E-state index in [1.807, 2.05) is 6.92 Å². The Hall–Kier alpha value is -1.43. The van der Waals surface area contributed by atoms with Crippen LogP contribution in [0.2, 0.25) is 0 Å². The molecule has 2 heterocycles. The smallest absolute Gasteiger partial charge is 0.242 e. The normalized spacial score (nSPS) is 24.6. The van der Waals surface area contributed by atoms with Crippen molar-refractivity contribution in [3.8, 4) is 0 Å². The van der Waals surface area contributed by atoms with Crippen LogP contribution in [0.5, 0.6) is 0 Å². The molecule has 0 aromatic carbocycles. The number of rotatable bonds is 3. The van der Waals surface area contributed by atoms with E-state index < -0.39 is 12.2 Å². The topological polar surface area (TPSA) is 59.0 Å². The average Bonchev–Trinajstić information content (AvgIpc) is 2.87. The second kappa shape index (κ2) is 4.61. The Labute approximate surface area is 93.0 Å². The highest BCUT2D eigenvalue weighted by Crippen LogP contribution is 2.12. The molecule has 1 amide bonds. The van der Waals surface area contributed by atoms with Gasteiger partial charge in [-0.3, -0.25) is 9.48 Å². The van der Waals surface area contributed by atoms with Gasteiger partial charge in [0.25, 0.3) is 0 Å². The van der Waals surface area contributed by atoms with E-state index in [0.717, 1.165) is 6.54 Å². The van der Waals surface area contributed by atoms with E-state index in [1.165, 1.54) is 0 Å². The molecule has 2 N–H and O–H groups in total. The molecule has 0 saturated carbocycles. The number of carbonyl (C=O) groups is 1. The van der Waals surface area contributed by atoms with Crippen LogP contribution < -0.4 is 10.6 Å². The van der Waals surface area contributed by atoms with Crippen LogP contribution in [-0.2, 0) is 11.3 Å². The molecule has 2 atom stereocenters. The average molecular weight is 226 g/mol. The summed E-state index contributed by atoms with van der Waals surface area (Å²) in [5, 5.41) is 9.61. The molecule has 16 heavy (non-hydrogen) atoms. The van der Waals surface area contributed by atoms with Gasteiger partial charge in [0.2, 0.25) is 5.91 Å². The fourth-order valence-electron chi connectivity index (χ4n) is 1.71. The molecule has 1 aliphatic heterocycles. The highest BCUT2D eigenvalue weighted by molar-refractivity contribution is 5.94. The third-order valence-corrected chi connectivity index (χ3v) is 2.61. The highest BCUT2D eigenvalue weighted by Gasteiger charge is 2.29. The minimum absolute atomic E-state index is 0.221. The Kier molecular flexibility index (Phi) is 3.19. The number of aromatic nitrogens is 2. The number of hydrogen-bond acceptors (Lipinski definition) is 3. The lowest BCUT2D eigenvalue weighted by atomic mass is 10.2. The van der Waals surface area contributed by atoms with E-state index in [-0.39, 0.29) is 18.9 Å².